The summed E-state index contributed by atoms with van der Waals surface area (Å²) in [5.41, 5.74) is 1.12. The smallest absolute Gasteiger partial charge is 0.263 e. The van der Waals surface area contributed by atoms with Crippen LogP contribution in [0.4, 0.5) is 5.82 Å². The third kappa shape index (κ3) is 5.89. The third-order valence-electron chi connectivity index (χ3n) is 5.11. The van der Waals surface area contributed by atoms with Crippen LogP contribution in [-0.2, 0) is 11.2 Å². The highest BCUT2D eigenvalue weighted by Gasteiger charge is 2.18. The molecule has 31 heavy (non-hydrogen) atoms. The monoisotopic (exact) mass is 421 g/mol. The first-order chi connectivity index (χ1) is 15.1. The van der Waals surface area contributed by atoms with Crippen LogP contribution in [0.3, 0.4) is 0 Å². The van der Waals surface area contributed by atoms with Gasteiger partial charge in [-0.25, -0.2) is 4.98 Å². The van der Waals surface area contributed by atoms with Gasteiger partial charge in [-0.1, -0.05) is 12.1 Å². The van der Waals surface area contributed by atoms with Crippen LogP contribution in [-0.4, -0.2) is 62.7 Å². The van der Waals surface area contributed by atoms with Gasteiger partial charge in [-0.05, 0) is 36.2 Å². The molecule has 0 unspecified atom stereocenters. The zero-order chi connectivity index (χ0) is 22.1. The summed E-state index contributed by atoms with van der Waals surface area (Å²) >= 11 is 0. The number of nitrogens with one attached hydrogen (secondary N) is 1. The van der Waals surface area contributed by atoms with Crippen molar-refractivity contribution < 1.29 is 14.3 Å². The molecule has 0 spiro atoms. The Bertz CT molecular complexity index is 947. The SMILES string of the molecule is COc1ccc(CCNC(=O)/C(C#N)=C\N2CCN(c3ccccn3)CC2)cc1OC. The summed E-state index contributed by atoms with van der Waals surface area (Å²) in [6.07, 6.45) is 4.05. The number of methoxy groups -OCH3 is 2. The van der Waals surface area contributed by atoms with Crippen LogP contribution in [0.2, 0.25) is 0 Å². The van der Waals surface area contributed by atoms with Crippen molar-refractivity contribution in [2.45, 2.75) is 6.42 Å². The molecule has 2 aromatic rings. The first kappa shape index (κ1) is 22.0. The number of piperazine rings is 1. The van der Waals surface area contributed by atoms with Gasteiger partial charge >= 0.3 is 0 Å². The number of nitrogens with zero attached hydrogens (tertiary/aromatic N) is 4. The van der Waals surface area contributed by atoms with Crippen LogP contribution < -0.4 is 19.7 Å². The van der Waals surface area contributed by atoms with E-state index in [1.54, 1.807) is 26.6 Å². The fraction of sp³-hybridized carbons (Fsp3) is 0.348. The van der Waals surface area contributed by atoms with E-state index in [2.05, 4.69) is 15.2 Å². The van der Waals surface area contributed by atoms with Crippen LogP contribution in [0.5, 0.6) is 11.5 Å². The van der Waals surface area contributed by atoms with Crippen LogP contribution in [0.15, 0.2) is 54.4 Å². The molecule has 8 heteroatoms. The van der Waals surface area contributed by atoms with Crippen molar-refractivity contribution in [2.75, 3.05) is 51.8 Å². The maximum Gasteiger partial charge on any atom is 0.263 e. The van der Waals surface area contributed by atoms with Gasteiger partial charge in [-0.2, -0.15) is 5.26 Å². The summed E-state index contributed by atoms with van der Waals surface area (Å²) in [6, 6.07) is 13.5. The topological polar surface area (TPSA) is 90.7 Å². The molecule has 0 atom stereocenters. The molecule has 1 aromatic carbocycles. The number of rotatable bonds is 8. The maximum absolute atomic E-state index is 12.5. The molecule has 0 bridgehead atoms. The first-order valence-electron chi connectivity index (χ1n) is 10.2. The van der Waals surface area contributed by atoms with E-state index in [-0.39, 0.29) is 11.5 Å². The highest BCUT2D eigenvalue weighted by molar-refractivity contribution is 5.97. The lowest BCUT2D eigenvalue weighted by Gasteiger charge is -2.34. The van der Waals surface area contributed by atoms with Gasteiger partial charge in [0.15, 0.2) is 11.5 Å². The fourth-order valence-electron chi connectivity index (χ4n) is 3.39. The second kappa shape index (κ2) is 10.9. The molecule has 1 fully saturated rings. The van der Waals surface area contributed by atoms with Gasteiger partial charge in [0, 0.05) is 45.1 Å². The molecule has 3 rings (SSSR count). The van der Waals surface area contributed by atoms with Gasteiger partial charge in [-0.3, -0.25) is 4.79 Å². The van der Waals surface area contributed by atoms with E-state index in [0.717, 1.165) is 37.6 Å². The molecule has 1 N–H and O–H groups in total. The van der Waals surface area contributed by atoms with Crippen LogP contribution >= 0.6 is 0 Å². The van der Waals surface area contributed by atoms with Crippen molar-refractivity contribution in [1.82, 2.24) is 15.2 Å². The highest BCUT2D eigenvalue weighted by Crippen LogP contribution is 2.27. The summed E-state index contributed by atoms with van der Waals surface area (Å²) < 4.78 is 10.5. The minimum atomic E-state index is -0.366. The minimum Gasteiger partial charge on any atom is -0.493 e. The van der Waals surface area contributed by atoms with Crippen molar-refractivity contribution in [3.8, 4) is 17.6 Å². The molecule has 1 saturated heterocycles. The predicted octanol–water partition coefficient (Wildman–Crippen LogP) is 1.99. The van der Waals surface area contributed by atoms with E-state index in [1.165, 1.54) is 0 Å². The number of hydrogen-bond acceptors (Lipinski definition) is 7. The van der Waals surface area contributed by atoms with Gasteiger partial charge in [0.05, 0.1) is 14.2 Å². The Hall–Kier alpha value is -3.73. The Labute approximate surface area is 182 Å². The van der Waals surface area contributed by atoms with E-state index >= 15 is 0 Å². The Balaban J connectivity index is 1.50. The lowest BCUT2D eigenvalue weighted by atomic mass is 10.1. The molecular formula is C23H27N5O3. The van der Waals surface area contributed by atoms with E-state index in [9.17, 15) is 10.1 Å². The fourth-order valence-corrected chi connectivity index (χ4v) is 3.39. The van der Waals surface area contributed by atoms with Gasteiger partial charge in [0.25, 0.3) is 5.91 Å². The normalized spacial score (nSPS) is 14.0. The zero-order valence-electron chi connectivity index (χ0n) is 17.9. The Kier molecular flexibility index (Phi) is 7.71. The summed E-state index contributed by atoms with van der Waals surface area (Å²) in [5.74, 6) is 1.89. The standard InChI is InChI=1S/C23H27N5O3/c1-30-20-7-6-18(15-21(20)31-2)8-10-26-23(29)19(16-24)17-27-11-13-28(14-12-27)22-5-3-4-9-25-22/h3-7,9,15,17H,8,10-14H2,1-2H3,(H,26,29)/b19-17-. The van der Waals surface area contributed by atoms with Crippen LogP contribution in [0.1, 0.15) is 5.56 Å². The maximum atomic E-state index is 12.5. The first-order valence-corrected chi connectivity index (χ1v) is 10.2. The third-order valence-corrected chi connectivity index (χ3v) is 5.11. The van der Waals surface area contributed by atoms with Crippen LogP contribution in [0, 0.1) is 11.3 Å². The number of pyridine rings is 1. The second-order valence-electron chi connectivity index (χ2n) is 7.06. The van der Waals surface area contributed by atoms with Crippen molar-refractivity contribution in [3.63, 3.8) is 0 Å². The van der Waals surface area contributed by atoms with E-state index in [0.29, 0.717) is 24.5 Å². The summed E-state index contributed by atoms with van der Waals surface area (Å²) in [5, 5.41) is 12.3. The summed E-state index contributed by atoms with van der Waals surface area (Å²) in [4.78, 5) is 21.0. The van der Waals surface area contributed by atoms with Gasteiger partial charge < -0.3 is 24.6 Å². The molecule has 1 aliphatic heterocycles. The number of nitriles is 1. The van der Waals surface area contributed by atoms with Gasteiger partial charge in [-0.15, -0.1) is 0 Å². The molecule has 0 radical (unpaired) electrons. The molecule has 162 valence electrons. The van der Waals surface area contributed by atoms with Crippen molar-refractivity contribution >= 4 is 11.7 Å². The Morgan fingerprint density at radius 3 is 2.58 bits per heavy atom. The van der Waals surface area contributed by atoms with E-state index in [4.69, 9.17) is 9.47 Å². The average Bonchev–Trinajstić information content (AvgIpc) is 2.83. The zero-order valence-corrected chi connectivity index (χ0v) is 17.9. The molecule has 2 heterocycles. The van der Waals surface area contributed by atoms with Crippen molar-refractivity contribution in [1.29, 1.82) is 5.26 Å². The molecule has 1 amide bonds. The number of anilines is 1. The molecule has 8 nitrogen and oxygen atoms in total. The molecule has 1 aliphatic rings. The Morgan fingerprint density at radius 1 is 1.16 bits per heavy atom. The van der Waals surface area contributed by atoms with E-state index in [1.807, 2.05) is 47.4 Å². The summed E-state index contributed by atoms with van der Waals surface area (Å²) in [6.45, 7) is 3.43. The molecule has 0 aliphatic carbocycles. The number of hydrogen-bond donors (Lipinski definition) is 1. The number of carbonyl (C=O) groups is 1. The quantitative estimate of drug-likeness (QED) is 0.515. The molecule has 1 aromatic heterocycles. The van der Waals surface area contributed by atoms with Crippen molar-refractivity contribution in [3.05, 3.63) is 59.9 Å². The molecular weight excluding hydrogens is 394 g/mol. The lowest BCUT2D eigenvalue weighted by Crippen LogP contribution is -2.44. The lowest BCUT2D eigenvalue weighted by molar-refractivity contribution is -0.117. The number of amides is 1. The average molecular weight is 422 g/mol. The Morgan fingerprint density at radius 2 is 1.94 bits per heavy atom. The number of benzene rings is 1. The highest BCUT2D eigenvalue weighted by atomic mass is 16.5. The minimum absolute atomic E-state index is 0.110. The number of ether oxygens (including phenoxy) is 2. The predicted molar refractivity (Wildman–Crippen MR) is 118 cm³/mol. The van der Waals surface area contributed by atoms with Crippen molar-refractivity contribution in [2.24, 2.45) is 0 Å². The van der Waals surface area contributed by atoms with Gasteiger partial charge in [0.2, 0.25) is 0 Å². The number of aromatic nitrogens is 1. The second-order valence-corrected chi connectivity index (χ2v) is 7.06. The number of carbonyl (C=O) groups excluding carboxylic acids is 1. The largest absolute Gasteiger partial charge is 0.493 e. The van der Waals surface area contributed by atoms with Gasteiger partial charge in [0.1, 0.15) is 17.5 Å². The van der Waals surface area contributed by atoms with Crippen LogP contribution in [0.25, 0.3) is 0 Å². The molecule has 0 saturated carbocycles. The van der Waals surface area contributed by atoms with E-state index < -0.39 is 0 Å². The summed E-state index contributed by atoms with van der Waals surface area (Å²) in [7, 11) is 3.18.